The van der Waals surface area contributed by atoms with Crippen LogP contribution in [0.5, 0.6) is 11.5 Å². The number of carbonyl (C=O) groups is 1. The molecule has 5 nitrogen and oxygen atoms in total. The predicted octanol–water partition coefficient (Wildman–Crippen LogP) is 2.09. The van der Waals surface area contributed by atoms with E-state index in [1.165, 1.54) is 20.0 Å². The van der Waals surface area contributed by atoms with Gasteiger partial charge in [0.2, 0.25) is 0 Å². The lowest BCUT2D eigenvalue weighted by Gasteiger charge is -2.29. The number of carbonyl (C=O) groups excluding carboxylic acids is 1. The van der Waals surface area contributed by atoms with Gasteiger partial charge in [0.25, 0.3) is 0 Å². The summed E-state index contributed by atoms with van der Waals surface area (Å²) in [6.45, 7) is 2.64. The van der Waals surface area contributed by atoms with Gasteiger partial charge in [-0.05, 0) is 49.9 Å². The maximum absolute atomic E-state index is 12.3. The van der Waals surface area contributed by atoms with Crippen molar-refractivity contribution >= 4 is 5.97 Å². The van der Waals surface area contributed by atoms with Crippen LogP contribution in [-0.2, 0) is 15.1 Å². The number of hydrogen-bond donors (Lipinski definition) is 1. The lowest BCUT2D eigenvalue weighted by molar-refractivity contribution is -0.148. The van der Waals surface area contributed by atoms with Crippen LogP contribution in [0.4, 0.5) is 0 Å². The lowest BCUT2D eigenvalue weighted by atomic mass is 9.91. The number of nitrogens with one attached hydrogen (secondary N) is 1. The van der Waals surface area contributed by atoms with Gasteiger partial charge in [0.15, 0.2) is 11.5 Å². The van der Waals surface area contributed by atoms with E-state index in [9.17, 15) is 4.79 Å². The van der Waals surface area contributed by atoms with Gasteiger partial charge in [0.05, 0.1) is 21.3 Å². The van der Waals surface area contributed by atoms with Crippen LogP contribution in [0.2, 0.25) is 0 Å². The number of benzene rings is 1. The average molecular weight is 293 g/mol. The molecular formula is C16H23NO4. The average Bonchev–Trinajstić information content (AvgIpc) is 3.35. The van der Waals surface area contributed by atoms with Crippen molar-refractivity contribution in [1.82, 2.24) is 5.32 Å². The molecule has 1 aliphatic carbocycles. The normalized spacial score (nSPS) is 17.0. The van der Waals surface area contributed by atoms with Gasteiger partial charge in [-0.2, -0.15) is 0 Å². The van der Waals surface area contributed by atoms with E-state index in [0.29, 0.717) is 17.4 Å². The van der Waals surface area contributed by atoms with Gasteiger partial charge in [0, 0.05) is 0 Å². The number of hydrogen-bond acceptors (Lipinski definition) is 5. The molecule has 21 heavy (non-hydrogen) atoms. The zero-order valence-corrected chi connectivity index (χ0v) is 13.1. The van der Waals surface area contributed by atoms with Gasteiger partial charge >= 0.3 is 5.97 Å². The second kappa shape index (κ2) is 6.35. The lowest BCUT2D eigenvalue weighted by Crippen LogP contribution is -2.48. The van der Waals surface area contributed by atoms with Gasteiger partial charge < -0.3 is 14.2 Å². The van der Waals surface area contributed by atoms with Gasteiger partial charge in [-0.15, -0.1) is 0 Å². The maximum Gasteiger partial charge on any atom is 0.330 e. The Kier molecular flexibility index (Phi) is 4.73. The quantitative estimate of drug-likeness (QED) is 0.780. The Morgan fingerprint density at radius 1 is 1.24 bits per heavy atom. The molecule has 0 spiro atoms. The van der Waals surface area contributed by atoms with Gasteiger partial charge in [-0.25, -0.2) is 4.79 Å². The Morgan fingerprint density at radius 2 is 1.90 bits per heavy atom. The molecule has 1 fully saturated rings. The van der Waals surface area contributed by atoms with E-state index in [4.69, 9.17) is 14.2 Å². The minimum atomic E-state index is -0.892. The molecule has 1 aliphatic rings. The van der Waals surface area contributed by atoms with Crippen molar-refractivity contribution in [3.63, 3.8) is 0 Å². The summed E-state index contributed by atoms with van der Waals surface area (Å²) >= 11 is 0. The molecule has 1 aromatic carbocycles. The Balaban J connectivity index is 2.32. The smallest absolute Gasteiger partial charge is 0.330 e. The highest BCUT2D eigenvalue weighted by Crippen LogP contribution is 2.34. The number of esters is 1. The van der Waals surface area contributed by atoms with Crippen LogP contribution in [0.15, 0.2) is 18.2 Å². The van der Waals surface area contributed by atoms with Gasteiger partial charge in [-0.3, -0.25) is 5.32 Å². The Bertz CT molecular complexity index is 513. The van der Waals surface area contributed by atoms with E-state index in [-0.39, 0.29) is 5.97 Å². The molecule has 0 radical (unpaired) electrons. The highest BCUT2D eigenvalue weighted by atomic mass is 16.5. The molecular weight excluding hydrogens is 270 g/mol. The van der Waals surface area contributed by atoms with E-state index in [2.05, 4.69) is 5.32 Å². The van der Waals surface area contributed by atoms with Gasteiger partial charge in [-0.1, -0.05) is 6.07 Å². The van der Waals surface area contributed by atoms with Crippen molar-refractivity contribution in [2.45, 2.75) is 25.3 Å². The van der Waals surface area contributed by atoms with E-state index >= 15 is 0 Å². The molecule has 1 atom stereocenters. The summed E-state index contributed by atoms with van der Waals surface area (Å²) in [7, 11) is 4.57. The maximum atomic E-state index is 12.3. The standard InChI is InChI=1S/C16H23NO4/c1-16(15(18)21-4,17-10-11-5-6-11)12-7-8-13(19-2)14(9-12)20-3/h7-9,11,17H,5-6,10H2,1-4H3. The molecule has 1 aromatic rings. The van der Waals surface area contributed by atoms with Crippen molar-refractivity contribution in [1.29, 1.82) is 0 Å². The molecule has 2 rings (SSSR count). The molecule has 0 saturated heterocycles. The first kappa shape index (κ1) is 15.6. The third-order valence-electron chi connectivity index (χ3n) is 4.00. The first-order chi connectivity index (χ1) is 10.0. The molecule has 0 bridgehead atoms. The van der Waals surface area contributed by atoms with Crippen LogP contribution in [0, 0.1) is 5.92 Å². The van der Waals surface area contributed by atoms with Crippen molar-refractivity contribution < 1.29 is 19.0 Å². The molecule has 1 saturated carbocycles. The summed E-state index contributed by atoms with van der Waals surface area (Å²) in [5, 5.41) is 3.34. The Morgan fingerprint density at radius 3 is 2.43 bits per heavy atom. The van der Waals surface area contributed by atoms with Crippen LogP contribution in [0.3, 0.4) is 0 Å². The Hall–Kier alpha value is -1.75. The molecule has 0 aromatic heterocycles. The second-order valence-corrected chi connectivity index (χ2v) is 5.51. The van der Waals surface area contributed by atoms with Crippen molar-refractivity contribution in [2.75, 3.05) is 27.9 Å². The van der Waals surface area contributed by atoms with Crippen LogP contribution < -0.4 is 14.8 Å². The third kappa shape index (κ3) is 3.29. The SMILES string of the molecule is COC(=O)C(C)(NCC1CC1)c1ccc(OC)c(OC)c1. The Labute approximate surface area is 125 Å². The number of rotatable bonds is 7. The summed E-state index contributed by atoms with van der Waals surface area (Å²) in [5.74, 6) is 1.58. The summed E-state index contributed by atoms with van der Waals surface area (Å²) in [6, 6.07) is 5.47. The van der Waals surface area contributed by atoms with Crippen LogP contribution >= 0.6 is 0 Å². The van der Waals surface area contributed by atoms with Crippen LogP contribution in [0.1, 0.15) is 25.3 Å². The van der Waals surface area contributed by atoms with Crippen molar-refractivity contribution in [3.8, 4) is 11.5 Å². The van der Waals surface area contributed by atoms with Crippen molar-refractivity contribution in [3.05, 3.63) is 23.8 Å². The molecule has 0 aliphatic heterocycles. The number of methoxy groups -OCH3 is 3. The fourth-order valence-electron chi connectivity index (χ4n) is 2.31. The first-order valence-corrected chi connectivity index (χ1v) is 7.11. The zero-order valence-electron chi connectivity index (χ0n) is 13.1. The minimum Gasteiger partial charge on any atom is -0.493 e. The molecule has 0 heterocycles. The van der Waals surface area contributed by atoms with E-state index < -0.39 is 5.54 Å². The van der Waals surface area contributed by atoms with Crippen molar-refractivity contribution in [2.24, 2.45) is 5.92 Å². The second-order valence-electron chi connectivity index (χ2n) is 5.51. The van der Waals surface area contributed by atoms with Crippen LogP contribution in [0.25, 0.3) is 0 Å². The largest absolute Gasteiger partial charge is 0.493 e. The molecule has 1 N–H and O–H groups in total. The predicted molar refractivity (Wildman–Crippen MR) is 79.6 cm³/mol. The zero-order chi connectivity index (χ0) is 15.5. The monoisotopic (exact) mass is 293 g/mol. The topological polar surface area (TPSA) is 56.8 Å². The summed E-state index contributed by atoms with van der Waals surface area (Å²) in [5.41, 5.74) is -0.0932. The van der Waals surface area contributed by atoms with E-state index in [1.807, 2.05) is 19.1 Å². The first-order valence-electron chi connectivity index (χ1n) is 7.11. The van der Waals surface area contributed by atoms with Gasteiger partial charge in [0.1, 0.15) is 5.54 Å². The molecule has 5 heteroatoms. The summed E-state index contributed by atoms with van der Waals surface area (Å²) < 4.78 is 15.5. The van der Waals surface area contributed by atoms with E-state index in [1.54, 1.807) is 20.3 Å². The minimum absolute atomic E-state index is 0.310. The molecule has 0 amide bonds. The highest BCUT2D eigenvalue weighted by molar-refractivity contribution is 5.82. The fourth-order valence-corrected chi connectivity index (χ4v) is 2.31. The fraction of sp³-hybridized carbons (Fsp3) is 0.562. The summed E-state index contributed by atoms with van der Waals surface area (Å²) in [6.07, 6.45) is 2.44. The van der Waals surface area contributed by atoms with E-state index in [0.717, 1.165) is 12.1 Å². The highest BCUT2D eigenvalue weighted by Gasteiger charge is 2.38. The summed E-state index contributed by atoms with van der Waals surface area (Å²) in [4.78, 5) is 12.3. The molecule has 1 unspecified atom stereocenters. The third-order valence-corrected chi connectivity index (χ3v) is 4.00. The van der Waals surface area contributed by atoms with Crippen LogP contribution in [-0.4, -0.2) is 33.8 Å². The molecule has 116 valence electrons. The number of ether oxygens (including phenoxy) is 3.